The molecule has 2 atom stereocenters. The zero-order valence-electron chi connectivity index (χ0n) is 13.1. The number of halogens is 1. The molecule has 1 aromatic carbocycles. The van der Waals surface area contributed by atoms with Crippen LogP contribution in [0, 0.1) is 5.82 Å². The van der Waals surface area contributed by atoms with Crippen LogP contribution < -0.4 is 9.80 Å². The van der Waals surface area contributed by atoms with Gasteiger partial charge in [-0.2, -0.15) is 0 Å². The SMILES string of the molecule is O=C1O[C@@H](C(O)c2ccon2)CN1c1ccc(N2CC(O)C2)c(F)c1. The minimum Gasteiger partial charge on any atom is -0.441 e. The van der Waals surface area contributed by atoms with Crippen LogP contribution in [0.3, 0.4) is 0 Å². The van der Waals surface area contributed by atoms with Gasteiger partial charge in [0.15, 0.2) is 6.10 Å². The Morgan fingerprint density at radius 3 is 2.72 bits per heavy atom. The molecule has 1 aromatic heterocycles. The number of β-amino-alcohol motifs (C(OH)–C–C–N with tert-alkyl or cyclic N) is 1. The summed E-state index contributed by atoms with van der Waals surface area (Å²) in [6.45, 7) is 0.829. The first-order valence-electron chi connectivity index (χ1n) is 7.82. The average Bonchev–Trinajstić information content (AvgIpc) is 3.21. The van der Waals surface area contributed by atoms with E-state index >= 15 is 0 Å². The highest BCUT2D eigenvalue weighted by Crippen LogP contribution is 2.32. The number of nitrogens with zero attached hydrogens (tertiary/aromatic N) is 3. The molecule has 1 amide bonds. The van der Waals surface area contributed by atoms with Crippen LogP contribution in [0.15, 0.2) is 35.1 Å². The summed E-state index contributed by atoms with van der Waals surface area (Å²) in [7, 11) is 0. The number of carbonyl (C=O) groups is 1. The van der Waals surface area contributed by atoms with E-state index in [1.54, 1.807) is 17.0 Å². The number of hydrogen-bond acceptors (Lipinski definition) is 7. The molecule has 2 fully saturated rings. The highest BCUT2D eigenvalue weighted by atomic mass is 19.1. The van der Waals surface area contributed by atoms with Crippen LogP contribution in [0.25, 0.3) is 0 Å². The molecule has 132 valence electrons. The van der Waals surface area contributed by atoms with E-state index in [0.717, 1.165) is 0 Å². The van der Waals surface area contributed by atoms with Gasteiger partial charge in [-0.25, -0.2) is 9.18 Å². The first-order chi connectivity index (χ1) is 12.0. The summed E-state index contributed by atoms with van der Waals surface area (Å²) in [6, 6.07) is 5.89. The van der Waals surface area contributed by atoms with E-state index in [-0.39, 0.29) is 12.2 Å². The van der Waals surface area contributed by atoms with Gasteiger partial charge in [-0.05, 0) is 18.2 Å². The lowest BCUT2D eigenvalue weighted by molar-refractivity contribution is 0.0277. The van der Waals surface area contributed by atoms with Gasteiger partial charge in [0, 0.05) is 19.2 Å². The first kappa shape index (κ1) is 15.9. The summed E-state index contributed by atoms with van der Waals surface area (Å²) in [5, 5.41) is 23.1. The summed E-state index contributed by atoms with van der Waals surface area (Å²) >= 11 is 0. The zero-order chi connectivity index (χ0) is 17.6. The van der Waals surface area contributed by atoms with Crippen LogP contribution >= 0.6 is 0 Å². The van der Waals surface area contributed by atoms with Crippen LogP contribution in [0.1, 0.15) is 11.8 Å². The number of anilines is 2. The minimum atomic E-state index is -1.13. The summed E-state index contributed by atoms with van der Waals surface area (Å²) in [5.74, 6) is -0.488. The van der Waals surface area contributed by atoms with Crippen molar-refractivity contribution in [1.82, 2.24) is 5.16 Å². The highest BCUT2D eigenvalue weighted by molar-refractivity contribution is 5.90. The number of ether oxygens (including phenoxy) is 1. The molecule has 2 aliphatic heterocycles. The number of rotatable bonds is 4. The Balaban J connectivity index is 1.50. The Labute approximate surface area is 142 Å². The van der Waals surface area contributed by atoms with E-state index in [1.165, 1.54) is 23.3 Å². The molecule has 0 spiro atoms. The van der Waals surface area contributed by atoms with Gasteiger partial charge >= 0.3 is 6.09 Å². The van der Waals surface area contributed by atoms with Crippen LogP contribution in [0.2, 0.25) is 0 Å². The van der Waals surface area contributed by atoms with E-state index in [4.69, 9.17) is 4.74 Å². The lowest BCUT2D eigenvalue weighted by Gasteiger charge is -2.38. The summed E-state index contributed by atoms with van der Waals surface area (Å²) in [4.78, 5) is 15.0. The molecule has 2 saturated heterocycles. The molecule has 3 heterocycles. The first-order valence-corrected chi connectivity index (χ1v) is 7.82. The van der Waals surface area contributed by atoms with Crippen LogP contribution in [0.5, 0.6) is 0 Å². The van der Waals surface area contributed by atoms with Crippen molar-refractivity contribution in [2.45, 2.75) is 18.3 Å². The Kier molecular flexibility index (Phi) is 3.81. The van der Waals surface area contributed by atoms with E-state index in [9.17, 15) is 19.4 Å². The van der Waals surface area contributed by atoms with Crippen molar-refractivity contribution in [2.24, 2.45) is 0 Å². The maximum Gasteiger partial charge on any atom is 0.414 e. The fraction of sp³-hybridized carbons (Fsp3) is 0.375. The zero-order valence-corrected chi connectivity index (χ0v) is 13.1. The number of cyclic esters (lactones) is 1. The third kappa shape index (κ3) is 2.81. The lowest BCUT2D eigenvalue weighted by Crippen LogP contribution is -2.51. The van der Waals surface area contributed by atoms with Crippen molar-refractivity contribution in [2.75, 3.05) is 29.4 Å². The molecule has 2 aliphatic rings. The molecule has 4 rings (SSSR count). The van der Waals surface area contributed by atoms with E-state index < -0.39 is 30.2 Å². The predicted molar refractivity (Wildman–Crippen MR) is 83.7 cm³/mol. The normalized spacial score (nSPS) is 22.0. The minimum absolute atomic E-state index is 0.0636. The Hall–Kier alpha value is -2.65. The number of aliphatic hydroxyl groups is 2. The topological polar surface area (TPSA) is 99.3 Å². The average molecular weight is 349 g/mol. The second-order valence-electron chi connectivity index (χ2n) is 6.10. The smallest absolute Gasteiger partial charge is 0.414 e. The number of hydrogen-bond donors (Lipinski definition) is 2. The van der Waals surface area contributed by atoms with Gasteiger partial charge in [-0.15, -0.1) is 0 Å². The standard InChI is InChI=1S/C16H16FN3O5/c17-11-5-9(1-2-13(11)19-6-10(21)7-19)20-8-14(25-16(20)23)15(22)12-3-4-24-18-12/h1-5,10,14-15,21-22H,6-8H2/t14-,15?/m1/s1. The maximum atomic E-state index is 14.3. The molecule has 2 aromatic rings. The fourth-order valence-corrected chi connectivity index (χ4v) is 3.00. The number of amides is 1. The monoisotopic (exact) mass is 349 g/mol. The fourth-order valence-electron chi connectivity index (χ4n) is 3.00. The molecule has 1 unspecified atom stereocenters. The van der Waals surface area contributed by atoms with Crippen LogP contribution in [-0.4, -0.2) is 53.3 Å². The number of aromatic nitrogens is 1. The summed E-state index contributed by atoms with van der Waals surface area (Å²) in [5.41, 5.74) is 0.973. The van der Waals surface area contributed by atoms with Crippen LogP contribution in [0.4, 0.5) is 20.6 Å². The van der Waals surface area contributed by atoms with Gasteiger partial charge < -0.3 is 24.4 Å². The quantitative estimate of drug-likeness (QED) is 0.851. The van der Waals surface area contributed by atoms with Gasteiger partial charge in [-0.3, -0.25) is 4.90 Å². The largest absolute Gasteiger partial charge is 0.441 e. The molecule has 8 nitrogen and oxygen atoms in total. The maximum absolute atomic E-state index is 14.3. The molecule has 0 saturated carbocycles. The molecule has 2 N–H and O–H groups in total. The Morgan fingerprint density at radius 1 is 1.28 bits per heavy atom. The summed E-state index contributed by atoms with van der Waals surface area (Å²) in [6.07, 6.45) is -1.75. The second-order valence-corrected chi connectivity index (χ2v) is 6.10. The van der Waals surface area contributed by atoms with Gasteiger partial charge in [0.25, 0.3) is 0 Å². The van der Waals surface area contributed by atoms with Gasteiger partial charge in [0.05, 0.1) is 24.0 Å². The van der Waals surface area contributed by atoms with E-state index in [0.29, 0.717) is 24.5 Å². The predicted octanol–water partition coefficient (Wildman–Crippen LogP) is 1.05. The molecular weight excluding hydrogens is 333 g/mol. The molecule has 9 heteroatoms. The lowest BCUT2D eigenvalue weighted by atomic mass is 10.1. The molecule has 25 heavy (non-hydrogen) atoms. The van der Waals surface area contributed by atoms with Gasteiger partial charge in [-0.1, -0.05) is 5.16 Å². The van der Waals surface area contributed by atoms with E-state index in [2.05, 4.69) is 9.68 Å². The molecule has 0 radical (unpaired) electrons. The number of aliphatic hydroxyl groups excluding tert-OH is 2. The van der Waals surface area contributed by atoms with Crippen molar-refractivity contribution >= 4 is 17.5 Å². The molecular formula is C16H16FN3O5. The van der Waals surface area contributed by atoms with Crippen molar-refractivity contribution in [3.05, 3.63) is 42.0 Å². The van der Waals surface area contributed by atoms with Crippen molar-refractivity contribution in [3.63, 3.8) is 0 Å². The summed E-state index contributed by atoms with van der Waals surface area (Å²) < 4.78 is 24.2. The van der Waals surface area contributed by atoms with Crippen molar-refractivity contribution < 1.29 is 28.7 Å². The number of benzene rings is 1. The number of carbonyl (C=O) groups excluding carboxylic acids is 1. The molecule has 0 aliphatic carbocycles. The third-order valence-electron chi connectivity index (χ3n) is 4.39. The van der Waals surface area contributed by atoms with Crippen molar-refractivity contribution in [1.29, 1.82) is 0 Å². The van der Waals surface area contributed by atoms with Crippen LogP contribution in [-0.2, 0) is 4.74 Å². The van der Waals surface area contributed by atoms with Gasteiger partial charge in [0.2, 0.25) is 0 Å². The van der Waals surface area contributed by atoms with E-state index in [1.807, 2.05) is 0 Å². The molecule has 0 bridgehead atoms. The van der Waals surface area contributed by atoms with Crippen molar-refractivity contribution in [3.8, 4) is 0 Å². The Morgan fingerprint density at radius 2 is 2.08 bits per heavy atom. The highest BCUT2D eigenvalue weighted by Gasteiger charge is 2.39. The third-order valence-corrected chi connectivity index (χ3v) is 4.39. The second kappa shape index (κ2) is 6.01. The Bertz CT molecular complexity index is 778. The van der Waals surface area contributed by atoms with Gasteiger partial charge in [0.1, 0.15) is 23.9 Å².